The molecular weight excluding hydrogens is 256 g/mol. The number of hydrogen-bond acceptors (Lipinski definition) is 3. The van der Waals surface area contributed by atoms with Gasteiger partial charge in [-0.25, -0.2) is 4.79 Å². The third-order valence-electron chi connectivity index (χ3n) is 3.00. The van der Waals surface area contributed by atoms with Crippen LogP contribution in [0.15, 0.2) is 24.3 Å². The van der Waals surface area contributed by atoms with Crippen LogP contribution >= 0.6 is 0 Å². The minimum absolute atomic E-state index is 0.0309. The van der Waals surface area contributed by atoms with Gasteiger partial charge in [-0.2, -0.15) is 0 Å². The van der Waals surface area contributed by atoms with Crippen molar-refractivity contribution in [3.63, 3.8) is 0 Å². The van der Waals surface area contributed by atoms with Crippen LogP contribution in [0.5, 0.6) is 0 Å². The van der Waals surface area contributed by atoms with Crippen LogP contribution in [0.1, 0.15) is 25.3 Å². The topological polar surface area (TPSA) is 61.8 Å². The SMILES string of the molecule is CCCCN(CCO)C(=O)Nc1ccccc1COC. The van der Waals surface area contributed by atoms with Gasteiger partial charge in [-0.3, -0.25) is 0 Å². The molecule has 0 aromatic heterocycles. The molecule has 112 valence electrons. The smallest absolute Gasteiger partial charge is 0.321 e. The lowest BCUT2D eigenvalue weighted by molar-refractivity contribution is 0.184. The summed E-state index contributed by atoms with van der Waals surface area (Å²) < 4.78 is 5.12. The summed E-state index contributed by atoms with van der Waals surface area (Å²) in [4.78, 5) is 13.9. The number of nitrogens with one attached hydrogen (secondary N) is 1. The maximum Gasteiger partial charge on any atom is 0.321 e. The molecule has 20 heavy (non-hydrogen) atoms. The van der Waals surface area contributed by atoms with Gasteiger partial charge in [0.25, 0.3) is 0 Å². The Bertz CT molecular complexity index is 410. The van der Waals surface area contributed by atoms with Crippen LogP contribution < -0.4 is 5.32 Å². The molecule has 0 spiro atoms. The molecule has 5 heteroatoms. The molecule has 0 atom stereocenters. The van der Waals surface area contributed by atoms with E-state index in [1.807, 2.05) is 24.3 Å². The van der Waals surface area contributed by atoms with E-state index in [0.29, 0.717) is 19.7 Å². The van der Waals surface area contributed by atoms with E-state index in [-0.39, 0.29) is 12.6 Å². The number of benzene rings is 1. The summed E-state index contributed by atoms with van der Waals surface area (Å²) in [6.07, 6.45) is 1.93. The first-order chi connectivity index (χ1) is 9.72. The summed E-state index contributed by atoms with van der Waals surface area (Å²) in [5.74, 6) is 0. The van der Waals surface area contributed by atoms with Crippen LogP contribution in [0, 0.1) is 0 Å². The maximum atomic E-state index is 12.2. The van der Waals surface area contributed by atoms with Gasteiger partial charge in [0.15, 0.2) is 0 Å². The number of hydrogen-bond donors (Lipinski definition) is 2. The number of carbonyl (C=O) groups is 1. The van der Waals surface area contributed by atoms with Crippen LogP contribution in [-0.4, -0.2) is 42.8 Å². The van der Waals surface area contributed by atoms with E-state index in [1.54, 1.807) is 12.0 Å². The number of aliphatic hydroxyl groups is 1. The van der Waals surface area contributed by atoms with Gasteiger partial charge in [0.1, 0.15) is 0 Å². The number of anilines is 1. The van der Waals surface area contributed by atoms with Gasteiger partial charge in [0.2, 0.25) is 0 Å². The Morgan fingerprint density at radius 3 is 2.75 bits per heavy atom. The highest BCUT2D eigenvalue weighted by Crippen LogP contribution is 2.16. The Hall–Kier alpha value is -1.59. The van der Waals surface area contributed by atoms with Crippen LogP contribution in [0.2, 0.25) is 0 Å². The number of methoxy groups -OCH3 is 1. The number of ether oxygens (including phenoxy) is 1. The highest BCUT2D eigenvalue weighted by molar-refractivity contribution is 5.90. The van der Waals surface area contributed by atoms with E-state index in [9.17, 15) is 4.79 Å². The fourth-order valence-electron chi connectivity index (χ4n) is 1.90. The summed E-state index contributed by atoms with van der Waals surface area (Å²) in [5, 5.41) is 11.9. The van der Waals surface area contributed by atoms with Crippen molar-refractivity contribution in [2.75, 3.05) is 32.1 Å². The van der Waals surface area contributed by atoms with E-state index >= 15 is 0 Å². The number of nitrogens with zero attached hydrogens (tertiary/aromatic N) is 1. The van der Waals surface area contributed by atoms with Gasteiger partial charge in [0, 0.05) is 31.5 Å². The molecular formula is C15H24N2O3. The lowest BCUT2D eigenvalue weighted by atomic mass is 10.2. The van der Waals surface area contributed by atoms with Gasteiger partial charge < -0.3 is 20.1 Å². The normalized spacial score (nSPS) is 10.3. The lowest BCUT2D eigenvalue weighted by Crippen LogP contribution is -2.38. The summed E-state index contributed by atoms with van der Waals surface area (Å²) >= 11 is 0. The Balaban J connectivity index is 2.71. The van der Waals surface area contributed by atoms with Gasteiger partial charge in [0.05, 0.1) is 13.2 Å². The summed E-state index contributed by atoms with van der Waals surface area (Å²) in [6, 6.07) is 7.37. The zero-order chi connectivity index (χ0) is 14.8. The van der Waals surface area contributed by atoms with Crippen molar-refractivity contribution in [1.29, 1.82) is 0 Å². The first-order valence-corrected chi connectivity index (χ1v) is 6.96. The third-order valence-corrected chi connectivity index (χ3v) is 3.00. The molecule has 0 heterocycles. The molecule has 1 aromatic rings. The predicted octanol–water partition coefficient (Wildman–Crippen LogP) is 2.46. The average molecular weight is 280 g/mol. The quantitative estimate of drug-likeness (QED) is 0.769. The number of para-hydroxylation sites is 1. The maximum absolute atomic E-state index is 12.2. The standard InChI is InChI=1S/C15H24N2O3/c1-3-4-9-17(10-11-18)15(19)16-14-8-6-5-7-13(14)12-20-2/h5-8,18H,3-4,9-12H2,1-2H3,(H,16,19). The largest absolute Gasteiger partial charge is 0.395 e. The van der Waals surface area contributed by atoms with Gasteiger partial charge in [-0.15, -0.1) is 0 Å². The second-order valence-electron chi connectivity index (χ2n) is 4.58. The summed E-state index contributed by atoms with van der Waals surface area (Å²) in [5.41, 5.74) is 1.68. The highest BCUT2D eigenvalue weighted by Gasteiger charge is 2.13. The lowest BCUT2D eigenvalue weighted by Gasteiger charge is -2.22. The van der Waals surface area contributed by atoms with Crippen molar-refractivity contribution >= 4 is 11.7 Å². The van der Waals surface area contributed by atoms with Gasteiger partial charge in [-0.1, -0.05) is 31.5 Å². The van der Waals surface area contributed by atoms with Crippen LogP contribution in [0.4, 0.5) is 10.5 Å². The monoisotopic (exact) mass is 280 g/mol. The number of amides is 2. The minimum atomic E-state index is -0.184. The predicted molar refractivity (Wildman–Crippen MR) is 79.7 cm³/mol. The third kappa shape index (κ3) is 5.19. The molecule has 0 aliphatic carbocycles. The Morgan fingerprint density at radius 1 is 1.35 bits per heavy atom. The fourth-order valence-corrected chi connectivity index (χ4v) is 1.90. The molecule has 1 aromatic carbocycles. The molecule has 2 amide bonds. The highest BCUT2D eigenvalue weighted by atomic mass is 16.5. The number of unbranched alkanes of at least 4 members (excludes halogenated alkanes) is 1. The van der Waals surface area contributed by atoms with Crippen molar-refractivity contribution in [2.45, 2.75) is 26.4 Å². The molecule has 0 aliphatic heterocycles. The van der Waals surface area contributed by atoms with Crippen molar-refractivity contribution in [3.05, 3.63) is 29.8 Å². The molecule has 0 unspecified atom stereocenters. The first-order valence-electron chi connectivity index (χ1n) is 6.96. The molecule has 0 radical (unpaired) electrons. The van der Waals surface area contributed by atoms with Crippen LogP contribution in [0.3, 0.4) is 0 Å². The second kappa shape index (κ2) is 9.34. The second-order valence-corrected chi connectivity index (χ2v) is 4.58. The van der Waals surface area contributed by atoms with Gasteiger partial charge in [-0.05, 0) is 12.5 Å². The number of urea groups is 1. The zero-order valence-electron chi connectivity index (χ0n) is 12.3. The fraction of sp³-hybridized carbons (Fsp3) is 0.533. The molecule has 0 bridgehead atoms. The van der Waals surface area contributed by atoms with E-state index in [0.717, 1.165) is 24.1 Å². The van der Waals surface area contributed by atoms with Crippen molar-refractivity contribution in [1.82, 2.24) is 4.90 Å². The number of aliphatic hydroxyl groups excluding tert-OH is 1. The van der Waals surface area contributed by atoms with Crippen molar-refractivity contribution < 1.29 is 14.6 Å². The van der Waals surface area contributed by atoms with Crippen LogP contribution in [-0.2, 0) is 11.3 Å². The molecule has 2 N–H and O–H groups in total. The molecule has 0 saturated carbocycles. The van der Waals surface area contributed by atoms with E-state index in [4.69, 9.17) is 9.84 Å². The number of carbonyl (C=O) groups excluding carboxylic acids is 1. The van der Waals surface area contributed by atoms with Gasteiger partial charge >= 0.3 is 6.03 Å². The Kier molecular flexibility index (Phi) is 7.69. The average Bonchev–Trinajstić information content (AvgIpc) is 2.45. The van der Waals surface area contributed by atoms with Crippen LogP contribution in [0.25, 0.3) is 0 Å². The van der Waals surface area contributed by atoms with E-state index in [1.165, 1.54) is 0 Å². The Labute approximate surface area is 120 Å². The number of rotatable bonds is 8. The summed E-state index contributed by atoms with van der Waals surface area (Å²) in [6.45, 7) is 3.48. The molecule has 0 fully saturated rings. The summed E-state index contributed by atoms with van der Waals surface area (Å²) in [7, 11) is 1.62. The minimum Gasteiger partial charge on any atom is -0.395 e. The van der Waals surface area contributed by atoms with Crippen molar-refractivity contribution in [2.24, 2.45) is 0 Å². The molecule has 0 aliphatic rings. The molecule has 5 nitrogen and oxygen atoms in total. The van der Waals surface area contributed by atoms with E-state index < -0.39 is 0 Å². The first kappa shape index (κ1) is 16.5. The van der Waals surface area contributed by atoms with Crippen molar-refractivity contribution in [3.8, 4) is 0 Å². The zero-order valence-corrected chi connectivity index (χ0v) is 12.3. The molecule has 1 rings (SSSR count). The Morgan fingerprint density at radius 2 is 2.10 bits per heavy atom. The van der Waals surface area contributed by atoms with E-state index in [2.05, 4.69) is 12.2 Å². The molecule has 0 saturated heterocycles.